The Morgan fingerprint density at radius 2 is 2.24 bits per heavy atom. The first kappa shape index (κ1) is 10.8. The number of ketones is 1. The fraction of sp³-hybridized carbons (Fsp3) is 0.500. The SMILES string of the molecule is CC1OCCC1C(=O)c1ccc2c(c1)CCO2. The summed E-state index contributed by atoms with van der Waals surface area (Å²) in [7, 11) is 0. The highest BCUT2D eigenvalue weighted by Gasteiger charge is 2.31. The average Bonchev–Trinajstić information content (AvgIpc) is 2.95. The van der Waals surface area contributed by atoms with E-state index in [0.717, 1.165) is 36.3 Å². The summed E-state index contributed by atoms with van der Waals surface area (Å²) in [5, 5.41) is 0. The highest BCUT2D eigenvalue weighted by atomic mass is 16.5. The minimum atomic E-state index is 0.0235. The van der Waals surface area contributed by atoms with E-state index < -0.39 is 0 Å². The number of benzene rings is 1. The summed E-state index contributed by atoms with van der Waals surface area (Å²) >= 11 is 0. The van der Waals surface area contributed by atoms with E-state index in [0.29, 0.717) is 6.61 Å². The number of carbonyl (C=O) groups is 1. The van der Waals surface area contributed by atoms with Crippen LogP contribution >= 0.6 is 0 Å². The van der Waals surface area contributed by atoms with Crippen molar-refractivity contribution in [2.75, 3.05) is 13.2 Å². The summed E-state index contributed by atoms with van der Waals surface area (Å²) in [6, 6.07) is 5.77. The second-order valence-electron chi connectivity index (χ2n) is 4.76. The van der Waals surface area contributed by atoms with Crippen LogP contribution < -0.4 is 4.74 Å². The van der Waals surface area contributed by atoms with Crippen LogP contribution in [-0.2, 0) is 11.2 Å². The Labute approximate surface area is 101 Å². The zero-order valence-electron chi connectivity index (χ0n) is 9.94. The van der Waals surface area contributed by atoms with Crippen LogP contribution in [0.2, 0.25) is 0 Å². The Balaban J connectivity index is 1.86. The molecule has 90 valence electrons. The molecule has 1 aromatic carbocycles. The predicted molar refractivity (Wildman–Crippen MR) is 63.5 cm³/mol. The van der Waals surface area contributed by atoms with Crippen molar-refractivity contribution < 1.29 is 14.3 Å². The van der Waals surface area contributed by atoms with E-state index in [9.17, 15) is 4.79 Å². The van der Waals surface area contributed by atoms with E-state index in [2.05, 4.69) is 0 Å². The number of rotatable bonds is 2. The summed E-state index contributed by atoms with van der Waals surface area (Å²) in [6.07, 6.45) is 1.80. The molecule has 0 aromatic heterocycles. The van der Waals surface area contributed by atoms with E-state index >= 15 is 0 Å². The number of carbonyl (C=O) groups excluding carboxylic acids is 1. The lowest BCUT2D eigenvalue weighted by atomic mass is 9.91. The third-order valence-corrected chi connectivity index (χ3v) is 3.69. The highest BCUT2D eigenvalue weighted by Crippen LogP contribution is 2.29. The van der Waals surface area contributed by atoms with Gasteiger partial charge in [0.25, 0.3) is 0 Å². The minimum absolute atomic E-state index is 0.0235. The molecule has 0 radical (unpaired) electrons. The van der Waals surface area contributed by atoms with E-state index in [1.165, 1.54) is 0 Å². The largest absolute Gasteiger partial charge is 0.493 e. The highest BCUT2D eigenvalue weighted by molar-refractivity contribution is 5.98. The maximum atomic E-state index is 12.3. The van der Waals surface area contributed by atoms with Crippen molar-refractivity contribution >= 4 is 5.78 Å². The molecule has 2 heterocycles. The lowest BCUT2D eigenvalue weighted by Crippen LogP contribution is -2.21. The Morgan fingerprint density at radius 3 is 3.00 bits per heavy atom. The predicted octanol–water partition coefficient (Wildman–Crippen LogP) is 2.23. The van der Waals surface area contributed by atoms with Crippen LogP contribution in [0, 0.1) is 5.92 Å². The molecule has 17 heavy (non-hydrogen) atoms. The van der Waals surface area contributed by atoms with E-state index in [-0.39, 0.29) is 17.8 Å². The van der Waals surface area contributed by atoms with Crippen molar-refractivity contribution in [3.05, 3.63) is 29.3 Å². The fourth-order valence-electron chi connectivity index (χ4n) is 2.63. The van der Waals surface area contributed by atoms with Crippen molar-refractivity contribution in [1.29, 1.82) is 0 Å². The first-order valence-electron chi connectivity index (χ1n) is 6.17. The molecule has 1 saturated heterocycles. The molecule has 1 aromatic rings. The van der Waals surface area contributed by atoms with Crippen molar-refractivity contribution in [3.8, 4) is 5.75 Å². The van der Waals surface area contributed by atoms with E-state index in [1.54, 1.807) is 0 Å². The smallest absolute Gasteiger partial charge is 0.168 e. The Bertz CT molecular complexity index is 453. The summed E-state index contributed by atoms with van der Waals surface area (Å²) < 4.78 is 10.9. The summed E-state index contributed by atoms with van der Waals surface area (Å²) in [5.74, 6) is 1.16. The lowest BCUT2D eigenvalue weighted by molar-refractivity contribution is 0.0764. The van der Waals surface area contributed by atoms with Gasteiger partial charge in [0.05, 0.1) is 18.6 Å². The third-order valence-electron chi connectivity index (χ3n) is 3.69. The first-order chi connectivity index (χ1) is 8.25. The average molecular weight is 232 g/mol. The summed E-state index contributed by atoms with van der Waals surface area (Å²) in [4.78, 5) is 12.3. The van der Waals surface area contributed by atoms with Gasteiger partial charge in [0.1, 0.15) is 5.75 Å². The molecule has 3 heteroatoms. The molecular weight excluding hydrogens is 216 g/mol. The standard InChI is InChI=1S/C14H16O3/c1-9-12(5-7-16-9)14(15)11-2-3-13-10(8-11)4-6-17-13/h2-3,8-9,12H,4-7H2,1H3. The van der Waals surface area contributed by atoms with Crippen LogP contribution in [0.15, 0.2) is 18.2 Å². The molecule has 0 N–H and O–H groups in total. The van der Waals surface area contributed by atoms with Crippen LogP contribution in [0.3, 0.4) is 0 Å². The van der Waals surface area contributed by atoms with Gasteiger partial charge in [0.15, 0.2) is 5.78 Å². The number of ether oxygens (including phenoxy) is 2. The molecule has 0 aliphatic carbocycles. The Kier molecular flexibility index (Phi) is 2.63. The van der Waals surface area contributed by atoms with Crippen molar-refractivity contribution in [2.45, 2.75) is 25.9 Å². The Hall–Kier alpha value is -1.35. The van der Waals surface area contributed by atoms with Gasteiger partial charge in [0.2, 0.25) is 0 Å². The molecule has 0 saturated carbocycles. The van der Waals surface area contributed by atoms with Gasteiger partial charge in [-0.25, -0.2) is 0 Å². The van der Waals surface area contributed by atoms with Crippen LogP contribution in [0.5, 0.6) is 5.75 Å². The van der Waals surface area contributed by atoms with Gasteiger partial charge >= 0.3 is 0 Å². The molecule has 2 atom stereocenters. The minimum Gasteiger partial charge on any atom is -0.493 e. The number of hydrogen-bond donors (Lipinski definition) is 0. The zero-order chi connectivity index (χ0) is 11.8. The zero-order valence-corrected chi connectivity index (χ0v) is 9.94. The van der Waals surface area contributed by atoms with Gasteiger partial charge in [-0.1, -0.05) is 0 Å². The van der Waals surface area contributed by atoms with Gasteiger partial charge in [-0.3, -0.25) is 4.79 Å². The molecule has 2 aliphatic rings. The molecule has 0 spiro atoms. The van der Waals surface area contributed by atoms with Crippen LogP contribution in [-0.4, -0.2) is 25.1 Å². The van der Waals surface area contributed by atoms with Crippen LogP contribution in [0.4, 0.5) is 0 Å². The van der Waals surface area contributed by atoms with Gasteiger partial charge in [-0.15, -0.1) is 0 Å². The molecule has 0 bridgehead atoms. The van der Waals surface area contributed by atoms with E-state index in [4.69, 9.17) is 9.47 Å². The van der Waals surface area contributed by atoms with Crippen molar-refractivity contribution in [1.82, 2.24) is 0 Å². The first-order valence-corrected chi connectivity index (χ1v) is 6.17. The lowest BCUT2D eigenvalue weighted by Gasteiger charge is -2.13. The maximum Gasteiger partial charge on any atom is 0.168 e. The second kappa shape index (κ2) is 4.15. The summed E-state index contributed by atoms with van der Waals surface area (Å²) in [6.45, 7) is 3.41. The number of Topliss-reactive ketones (excluding diaryl/α,β-unsaturated/α-hetero) is 1. The molecule has 0 amide bonds. The van der Waals surface area contributed by atoms with Gasteiger partial charge in [-0.2, -0.15) is 0 Å². The molecule has 3 nitrogen and oxygen atoms in total. The van der Waals surface area contributed by atoms with E-state index in [1.807, 2.05) is 25.1 Å². The molecule has 1 fully saturated rings. The van der Waals surface area contributed by atoms with Gasteiger partial charge in [0, 0.05) is 18.6 Å². The van der Waals surface area contributed by atoms with Crippen LogP contribution in [0.1, 0.15) is 29.3 Å². The number of hydrogen-bond acceptors (Lipinski definition) is 3. The monoisotopic (exact) mass is 232 g/mol. The molecule has 2 unspecified atom stereocenters. The normalized spacial score (nSPS) is 26.6. The third kappa shape index (κ3) is 1.84. The van der Waals surface area contributed by atoms with Crippen molar-refractivity contribution in [3.63, 3.8) is 0 Å². The maximum absolute atomic E-state index is 12.3. The molecular formula is C14H16O3. The quantitative estimate of drug-likeness (QED) is 0.733. The van der Waals surface area contributed by atoms with Crippen LogP contribution in [0.25, 0.3) is 0 Å². The van der Waals surface area contributed by atoms with Gasteiger partial charge < -0.3 is 9.47 Å². The summed E-state index contributed by atoms with van der Waals surface area (Å²) in [5.41, 5.74) is 1.96. The molecule has 2 aliphatic heterocycles. The Morgan fingerprint density at radius 1 is 1.35 bits per heavy atom. The molecule has 3 rings (SSSR count). The second-order valence-corrected chi connectivity index (χ2v) is 4.76. The van der Waals surface area contributed by atoms with Gasteiger partial charge in [-0.05, 0) is 37.1 Å². The topological polar surface area (TPSA) is 35.5 Å². The number of fused-ring (bicyclic) bond motifs is 1. The van der Waals surface area contributed by atoms with Crippen molar-refractivity contribution in [2.24, 2.45) is 5.92 Å². The fourth-order valence-corrected chi connectivity index (χ4v) is 2.63.